The van der Waals surface area contributed by atoms with E-state index in [1.54, 1.807) is 13.8 Å². The fourth-order valence-corrected chi connectivity index (χ4v) is 0.985. The van der Waals surface area contributed by atoms with Gasteiger partial charge < -0.3 is 19.5 Å². The first kappa shape index (κ1) is 17.2. The molecule has 0 unspecified atom stereocenters. The Kier molecular flexibility index (Phi) is 9.20. The van der Waals surface area contributed by atoms with Crippen LogP contribution in [0.2, 0.25) is 0 Å². The van der Waals surface area contributed by atoms with Crippen LogP contribution in [-0.4, -0.2) is 44.4 Å². The zero-order valence-corrected chi connectivity index (χ0v) is 11.6. The third-order valence-electron chi connectivity index (χ3n) is 1.96. The van der Waals surface area contributed by atoms with Gasteiger partial charge in [-0.2, -0.15) is 0 Å². The molecule has 0 heterocycles. The molecule has 0 aromatic carbocycles. The lowest BCUT2D eigenvalue weighted by molar-refractivity contribution is -0.141. The van der Waals surface area contributed by atoms with Crippen LogP contribution < -0.4 is 5.32 Å². The zero-order valence-electron chi connectivity index (χ0n) is 11.6. The number of hydrogen-bond donors (Lipinski definition) is 1. The molecule has 0 saturated carbocycles. The summed E-state index contributed by atoms with van der Waals surface area (Å²) in [6, 6.07) is 0. The van der Waals surface area contributed by atoms with Crippen LogP contribution in [0.15, 0.2) is 0 Å². The lowest BCUT2D eigenvalue weighted by Gasteiger charge is -2.08. The van der Waals surface area contributed by atoms with Crippen molar-refractivity contribution in [1.82, 2.24) is 5.32 Å². The molecule has 19 heavy (non-hydrogen) atoms. The third-order valence-corrected chi connectivity index (χ3v) is 1.96. The smallest absolute Gasteiger partial charge is 0.466 e. The SMILES string of the molecule is CC(=O)OCCCOC(=O)OCCNC(=O)C(C)C. The van der Waals surface area contributed by atoms with Gasteiger partial charge in [0.2, 0.25) is 5.91 Å². The highest BCUT2D eigenvalue weighted by Gasteiger charge is 2.07. The van der Waals surface area contributed by atoms with Gasteiger partial charge in [0.15, 0.2) is 0 Å². The molecule has 0 bridgehead atoms. The molecule has 0 aliphatic rings. The summed E-state index contributed by atoms with van der Waals surface area (Å²) >= 11 is 0. The van der Waals surface area contributed by atoms with Crippen LogP contribution in [0.25, 0.3) is 0 Å². The number of esters is 1. The van der Waals surface area contributed by atoms with E-state index >= 15 is 0 Å². The Morgan fingerprint density at radius 3 is 2.16 bits per heavy atom. The highest BCUT2D eigenvalue weighted by molar-refractivity contribution is 5.77. The molecule has 110 valence electrons. The minimum Gasteiger partial charge on any atom is -0.466 e. The quantitative estimate of drug-likeness (QED) is 0.522. The highest BCUT2D eigenvalue weighted by atomic mass is 16.7. The average Bonchev–Trinajstić information content (AvgIpc) is 2.33. The van der Waals surface area contributed by atoms with Crippen LogP contribution in [0.3, 0.4) is 0 Å². The predicted octanol–water partition coefficient (Wildman–Crippen LogP) is 0.865. The molecule has 0 aliphatic heterocycles. The minimum atomic E-state index is -0.804. The van der Waals surface area contributed by atoms with Gasteiger partial charge in [0.25, 0.3) is 0 Å². The van der Waals surface area contributed by atoms with Gasteiger partial charge in [-0.25, -0.2) is 4.79 Å². The maximum atomic E-state index is 11.2. The minimum absolute atomic E-state index is 0.0568. The molecule has 7 heteroatoms. The summed E-state index contributed by atoms with van der Waals surface area (Å²) in [5.74, 6) is -0.574. The monoisotopic (exact) mass is 275 g/mol. The number of carbonyl (C=O) groups excluding carboxylic acids is 3. The molecule has 0 spiro atoms. The summed E-state index contributed by atoms with van der Waals surface area (Å²) in [6.45, 7) is 5.47. The van der Waals surface area contributed by atoms with Crippen LogP contribution in [0, 0.1) is 5.92 Å². The van der Waals surface area contributed by atoms with Crippen LogP contribution in [0.4, 0.5) is 4.79 Å². The van der Waals surface area contributed by atoms with E-state index in [0.29, 0.717) is 6.42 Å². The Hall–Kier alpha value is -1.79. The average molecular weight is 275 g/mol. The van der Waals surface area contributed by atoms with Crippen molar-refractivity contribution in [2.75, 3.05) is 26.4 Å². The third kappa shape index (κ3) is 11.1. The molecule has 0 fully saturated rings. The van der Waals surface area contributed by atoms with Gasteiger partial charge in [-0.3, -0.25) is 9.59 Å². The van der Waals surface area contributed by atoms with Gasteiger partial charge in [-0.1, -0.05) is 13.8 Å². The number of ether oxygens (including phenoxy) is 3. The van der Waals surface area contributed by atoms with Crippen molar-refractivity contribution in [2.24, 2.45) is 5.92 Å². The molecular weight excluding hydrogens is 254 g/mol. The molecular formula is C12H21NO6. The van der Waals surface area contributed by atoms with E-state index in [1.165, 1.54) is 6.92 Å². The van der Waals surface area contributed by atoms with Crippen LogP contribution >= 0.6 is 0 Å². The van der Waals surface area contributed by atoms with Crippen molar-refractivity contribution in [3.63, 3.8) is 0 Å². The Morgan fingerprint density at radius 1 is 1.00 bits per heavy atom. The molecule has 0 rings (SSSR count). The maximum Gasteiger partial charge on any atom is 0.508 e. The van der Waals surface area contributed by atoms with Crippen LogP contribution in [0.5, 0.6) is 0 Å². The second-order valence-electron chi connectivity index (χ2n) is 4.09. The molecule has 0 saturated heterocycles. The van der Waals surface area contributed by atoms with E-state index in [-0.39, 0.29) is 44.2 Å². The first-order valence-electron chi connectivity index (χ1n) is 6.14. The number of hydrogen-bond acceptors (Lipinski definition) is 6. The number of carbonyl (C=O) groups is 3. The molecule has 1 amide bonds. The number of amides is 1. The lowest BCUT2D eigenvalue weighted by atomic mass is 10.2. The van der Waals surface area contributed by atoms with Gasteiger partial charge in [-0.15, -0.1) is 0 Å². The summed E-state index contributed by atoms with van der Waals surface area (Å²) in [5.41, 5.74) is 0. The molecule has 0 atom stereocenters. The molecule has 7 nitrogen and oxygen atoms in total. The fourth-order valence-electron chi connectivity index (χ4n) is 0.985. The summed E-state index contributed by atoms with van der Waals surface area (Å²) in [7, 11) is 0. The maximum absolute atomic E-state index is 11.2. The van der Waals surface area contributed by atoms with Crippen LogP contribution in [0.1, 0.15) is 27.2 Å². The molecule has 1 N–H and O–H groups in total. The second-order valence-corrected chi connectivity index (χ2v) is 4.09. The second kappa shape index (κ2) is 10.2. The van der Waals surface area contributed by atoms with E-state index in [4.69, 9.17) is 9.47 Å². The van der Waals surface area contributed by atoms with E-state index in [0.717, 1.165) is 0 Å². The summed E-state index contributed by atoms with van der Waals surface area (Å²) in [4.78, 5) is 32.6. The standard InChI is InChI=1S/C12H21NO6/c1-9(2)11(15)13-5-8-19-12(16)18-7-4-6-17-10(3)14/h9H,4-8H2,1-3H3,(H,13,15). The highest BCUT2D eigenvalue weighted by Crippen LogP contribution is 1.91. The van der Waals surface area contributed by atoms with Gasteiger partial charge in [0, 0.05) is 19.3 Å². The Balaban J connectivity index is 3.40. The number of rotatable bonds is 8. The van der Waals surface area contributed by atoms with Crippen LogP contribution in [-0.2, 0) is 23.8 Å². The molecule has 0 aromatic heterocycles. The first-order chi connectivity index (χ1) is 8.93. The lowest BCUT2D eigenvalue weighted by Crippen LogP contribution is -2.31. The van der Waals surface area contributed by atoms with Crippen molar-refractivity contribution in [3.05, 3.63) is 0 Å². The van der Waals surface area contributed by atoms with Crippen molar-refractivity contribution in [3.8, 4) is 0 Å². The predicted molar refractivity (Wildman–Crippen MR) is 66.4 cm³/mol. The van der Waals surface area contributed by atoms with Gasteiger partial charge in [0.05, 0.1) is 19.8 Å². The molecule has 0 aromatic rings. The Bertz CT molecular complexity index is 303. The molecule has 0 radical (unpaired) electrons. The summed E-state index contributed by atoms with van der Waals surface area (Å²) in [6.07, 6.45) is -0.389. The Labute approximate surface area is 112 Å². The van der Waals surface area contributed by atoms with Crippen molar-refractivity contribution < 1.29 is 28.6 Å². The zero-order chi connectivity index (χ0) is 14.7. The van der Waals surface area contributed by atoms with E-state index in [1.807, 2.05) is 0 Å². The van der Waals surface area contributed by atoms with Crippen molar-refractivity contribution >= 4 is 18.0 Å². The van der Waals surface area contributed by atoms with Gasteiger partial charge in [0.1, 0.15) is 6.61 Å². The topological polar surface area (TPSA) is 90.9 Å². The van der Waals surface area contributed by atoms with Crippen molar-refractivity contribution in [2.45, 2.75) is 27.2 Å². The summed E-state index contributed by atoms with van der Waals surface area (Å²) in [5, 5.41) is 2.60. The van der Waals surface area contributed by atoms with Gasteiger partial charge in [-0.05, 0) is 0 Å². The van der Waals surface area contributed by atoms with Crippen molar-refractivity contribution in [1.29, 1.82) is 0 Å². The Morgan fingerprint density at radius 2 is 1.58 bits per heavy atom. The van der Waals surface area contributed by atoms with E-state index < -0.39 is 6.16 Å². The first-order valence-corrected chi connectivity index (χ1v) is 6.14. The van der Waals surface area contributed by atoms with E-state index in [9.17, 15) is 14.4 Å². The largest absolute Gasteiger partial charge is 0.508 e. The normalized spacial score (nSPS) is 9.89. The van der Waals surface area contributed by atoms with E-state index in [2.05, 4.69) is 10.1 Å². The summed E-state index contributed by atoms with van der Waals surface area (Å²) < 4.78 is 14.1. The number of nitrogens with one attached hydrogen (secondary N) is 1. The molecule has 0 aliphatic carbocycles. The van der Waals surface area contributed by atoms with Gasteiger partial charge >= 0.3 is 12.1 Å². The fraction of sp³-hybridized carbons (Fsp3) is 0.750.